The highest BCUT2D eigenvalue weighted by molar-refractivity contribution is 5.87. The molecule has 4 heteroatoms. The van der Waals surface area contributed by atoms with Crippen molar-refractivity contribution in [1.82, 2.24) is 4.98 Å². The average Bonchev–Trinajstić information content (AvgIpc) is 2.54. The lowest BCUT2D eigenvalue weighted by Crippen LogP contribution is -2.29. The largest absolute Gasteiger partial charge is 0.465 e. The first kappa shape index (κ1) is 17.6. The first-order chi connectivity index (χ1) is 11.3. The Balaban J connectivity index is 2.33. The Morgan fingerprint density at radius 1 is 1.17 bits per heavy atom. The van der Waals surface area contributed by atoms with E-state index in [-0.39, 0.29) is 5.41 Å². The molecule has 1 aromatic heterocycles. The smallest absolute Gasteiger partial charge is 0.411 e. The van der Waals surface area contributed by atoms with Crippen molar-refractivity contribution in [3.63, 3.8) is 0 Å². The van der Waals surface area contributed by atoms with Crippen molar-refractivity contribution in [2.45, 2.75) is 33.1 Å². The average molecular weight is 322 g/mol. The third-order valence-electron chi connectivity index (χ3n) is 3.73. The second-order valence-electron chi connectivity index (χ2n) is 6.50. The van der Waals surface area contributed by atoms with E-state index in [1.807, 2.05) is 12.1 Å². The SMILES string of the molecule is CCN(C(=O)O)c1cnccc1C#Cc1ccc(C(C)(C)C)cc1. The number of benzene rings is 1. The molecule has 0 fully saturated rings. The molecule has 1 amide bonds. The summed E-state index contributed by atoms with van der Waals surface area (Å²) < 4.78 is 0. The lowest BCUT2D eigenvalue weighted by molar-refractivity contribution is 0.202. The van der Waals surface area contributed by atoms with Crippen LogP contribution in [-0.4, -0.2) is 22.7 Å². The fourth-order valence-corrected chi connectivity index (χ4v) is 2.31. The van der Waals surface area contributed by atoms with E-state index in [1.54, 1.807) is 19.2 Å². The van der Waals surface area contributed by atoms with Crippen LogP contribution in [0, 0.1) is 11.8 Å². The standard InChI is InChI=1S/C20H22N2O2/c1-5-22(19(23)24)18-14-21-13-12-16(18)9-6-15-7-10-17(11-8-15)20(2,3)4/h7-8,10-14H,5H2,1-4H3,(H,23,24). The summed E-state index contributed by atoms with van der Waals surface area (Å²) in [5, 5.41) is 9.29. The highest BCUT2D eigenvalue weighted by atomic mass is 16.4. The van der Waals surface area contributed by atoms with E-state index < -0.39 is 6.09 Å². The maximum absolute atomic E-state index is 11.3. The number of anilines is 1. The van der Waals surface area contributed by atoms with Crippen molar-refractivity contribution in [3.05, 3.63) is 59.4 Å². The van der Waals surface area contributed by atoms with Crippen LogP contribution in [0.3, 0.4) is 0 Å². The molecule has 24 heavy (non-hydrogen) atoms. The molecule has 0 saturated carbocycles. The monoisotopic (exact) mass is 322 g/mol. The maximum atomic E-state index is 11.3. The summed E-state index contributed by atoms with van der Waals surface area (Å²) in [6.45, 7) is 8.63. The number of aromatic nitrogens is 1. The number of nitrogens with zero attached hydrogens (tertiary/aromatic N) is 2. The molecule has 0 atom stereocenters. The van der Waals surface area contributed by atoms with Gasteiger partial charge in [-0.15, -0.1) is 0 Å². The van der Waals surface area contributed by atoms with Gasteiger partial charge in [-0.05, 0) is 36.1 Å². The van der Waals surface area contributed by atoms with Gasteiger partial charge in [0, 0.05) is 18.3 Å². The number of pyridine rings is 1. The zero-order valence-corrected chi connectivity index (χ0v) is 14.5. The van der Waals surface area contributed by atoms with E-state index >= 15 is 0 Å². The summed E-state index contributed by atoms with van der Waals surface area (Å²) >= 11 is 0. The molecule has 0 unspecified atom stereocenters. The van der Waals surface area contributed by atoms with Gasteiger partial charge in [0.05, 0.1) is 17.4 Å². The quantitative estimate of drug-likeness (QED) is 0.840. The van der Waals surface area contributed by atoms with E-state index in [4.69, 9.17) is 0 Å². The molecular weight excluding hydrogens is 300 g/mol. The predicted octanol–water partition coefficient (Wildman–Crippen LogP) is 4.28. The van der Waals surface area contributed by atoms with Crippen LogP contribution in [0.2, 0.25) is 0 Å². The van der Waals surface area contributed by atoms with Crippen LogP contribution in [0.4, 0.5) is 10.5 Å². The number of rotatable bonds is 2. The minimum Gasteiger partial charge on any atom is -0.465 e. The van der Waals surface area contributed by atoms with Crippen LogP contribution in [0.5, 0.6) is 0 Å². The number of amides is 1. The minimum absolute atomic E-state index is 0.105. The highest BCUT2D eigenvalue weighted by Gasteiger charge is 2.15. The molecule has 4 nitrogen and oxygen atoms in total. The summed E-state index contributed by atoms with van der Waals surface area (Å²) in [7, 11) is 0. The molecule has 1 heterocycles. The molecule has 0 saturated heterocycles. The molecule has 2 aromatic rings. The van der Waals surface area contributed by atoms with Crippen LogP contribution >= 0.6 is 0 Å². The van der Waals surface area contributed by atoms with Crippen molar-refractivity contribution in [2.75, 3.05) is 11.4 Å². The van der Waals surface area contributed by atoms with Gasteiger partial charge in [-0.1, -0.05) is 44.7 Å². The van der Waals surface area contributed by atoms with Crippen molar-refractivity contribution < 1.29 is 9.90 Å². The Kier molecular flexibility index (Phi) is 5.25. The highest BCUT2D eigenvalue weighted by Crippen LogP contribution is 2.22. The molecule has 0 aliphatic heterocycles. The van der Waals surface area contributed by atoms with Crippen LogP contribution in [-0.2, 0) is 5.41 Å². The van der Waals surface area contributed by atoms with E-state index in [2.05, 4.69) is 49.7 Å². The Morgan fingerprint density at radius 3 is 2.38 bits per heavy atom. The Bertz CT molecular complexity index is 778. The van der Waals surface area contributed by atoms with Gasteiger partial charge in [-0.3, -0.25) is 9.88 Å². The molecular formula is C20H22N2O2. The topological polar surface area (TPSA) is 53.4 Å². The number of hydrogen-bond acceptors (Lipinski definition) is 2. The van der Waals surface area contributed by atoms with E-state index in [0.717, 1.165) is 5.56 Å². The molecule has 0 aliphatic rings. The molecule has 2 rings (SSSR count). The molecule has 124 valence electrons. The Hall–Kier alpha value is -2.80. The van der Waals surface area contributed by atoms with Crippen molar-refractivity contribution in [1.29, 1.82) is 0 Å². The summed E-state index contributed by atoms with van der Waals surface area (Å²) in [4.78, 5) is 16.6. The van der Waals surface area contributed by atoms with Gasteiger partial charge in [-0.2, -0.15) is 0 Å². The molecule has 0 spiro atoms. The van der Waals surface area contributed by atoms with Gasteiger partial charge in [-0.25, -0.2) is 4.79 Å². The zero-order chi connectivity index (χ0) is 17.7. The van der Waals surface area contributed by atoms with E-state index in [9.17, 15) is 9.90 Å². The fraction of sp³-hybridized carbons (Fsp3) is 0.300. The van der Waals surface area contributed by atoms with Gasteiger partial charge in [0.15, 0.2) is 0 Å². The van der Waals surface area contributed by atoms with E-state index in [1.165, 1.54) is 16.7 Å². The predicted molar refractivity (Wildman–Crippen MR) is 96.4 cm³/mol. The summed E-state index contributed by atoms with van der Waals surface area (Å²) in [5.74, 6) is 6.16. The summed E-state index contributed by atoms with van der Waals surface area (Å²) in [6.07, 6.45) is 2.14. The van der Waals surface area contributed by atoms with Crippen molar-refractivity contribution >= 4 is 11.8 Å². The Morgan fingerprint density at radius 2 is 1.83 bits per heavy atom. The first-order valence-electron chi connectivity index (χ1n) is 7.90. The molecule has 1 aromatic carbocycles. The number of carboxylic acid groups (broad SMARTS) is 1. The van der Waals surface area contributed by atoms with Crippen molar-refractivity contribution in [3.8, 4) is 11.8 Å². The fourth-order valence-electron chi connectivity index (χ4n) is 2.31. The molecule has 0 aliphatic carbocycles. The van der Waals surface area contributed by atoms with Crippen LogP contribution in [0.1, 0.15) is 44.4 Å². The third kappa shape index (κ3) is 4.14. The third-order valence-corrected chi connectivity index (χ3v) is 3.73. The van der Waals surface area contributed by atoms with Gasteiger partial charge in [0.25, 0.3) is 0 Å². The van der Waals surface area contributed by atoms with Gasteiger partial charge in [0.2, 0.25) is 0 Å². The Labute approximate surface area is 143 Å². The summed E-state index contributed by atoms with van der Waals surface area (Å²) in [5.41, 5.74) is 3.40. The lowest BCUT2D eigenvalue weighted by Gasteiger charge is -2.18. The van der Waals surface area contributed by atoms with E-state index in [0.29, 0.717) is 17.8 Å². The van der Waals surface area contributed by atoms with Crippen LogP contribution in [0.15, 0.2) is 42.7 Å². The second kappa shape index (κ2) is 7.18. The summed E-state index contributed by atoms with van der Waals surface area (Å²) in [6, 6.07) is 9.87. The van der Waals surface area contributed by atoms with Crippen LogP contribution in [0.25, 0.3) is 0 Å². The first-order valence-corrected chi connectivity index (χ1v) is 7.90. The molecule has 1 N–H and O–H groups in total. The van der Waals surface area contributed by atoms with Gasteiger partial charge >= 0.3 is 6.09 Å². The minimum atomic E-state index is -1.01. The van der Waals surface area contributed by atoms with Gasteiger partial charge in [0.1, 0.15) is 0 Å². The lowest BCUT2D eigenvalue weighted by atomic mass is 9.87. The number of hydrogen-bond donors (Lipinski definition) is 1. The normalized spacial score (nSPS) is 10.7. The molecule has 0 radical (unpaired) electrons. The second-order valence-corrected chi connectivity index (χ2v) is 6.50. The molecule has 0 bridgehead atoms. The number of carbonyl (C=O) groups is 1. The van der Waals surface area contributed by atoms with Crippen LogP contribution < -0.4 is 4.90 Å². The maximum Gasteiger partial charge on any atom is 0.411 e. The van der Waals surface area contributed by atoms with Gasteiger partial charge < -0.3 is 5.11 Å². The zero-order valence-electron chi connectivity index (χ0n) is 14.5. The van der Waals surface area contributed by atoms with Crippen molar-refractivity contribution in [2.24, 2.45) is 0 Å².